The van der Waals surface area contributed by atoms with E-state index < -0.39 is 0 Å². The van der Waals surface area contributed by atoms with E-state index in [0.717, 1.165) is 17.7 Å². The molecule has 2 aromatic rings. The molecule has 160 valence electrons. The Bertz CT molecular complexity index is 909. The van der Waals surface area contributed by atoms with Gasteiger partial charge in [-0.25, -0.2) is 0 Å². The number of hydrogen-bond donors (Lipinski definition) is 1. The number of carbonyl (C=O) groups is 2. The first-order valence-corrected chi connectivity index (χ1v) is 10.6. The minimum absolute atomic E-state index is 0.00568. The van der Waals surface area contributed by atoms with Crippen molar-refractivity contribution in [3.63, 3.8) is 0 Å². The van der Waals surface area contributed by atoms with E-state index in [0.29, 0.717) is 50.8 Å². The number of aromatic nitrogens is 1. The molecule has 1 saturated heterocycles. The number of ether oxygens (including phenoxy) is 2. The molecule has 0 unspecified atom stereocenters. The SMILES string of the molecule is CC[C@@H](NC(=O)c1cc(C(=O)N2CCOC[C@@H]2C)c2n1CCOC2)c1ccccc1. The molecule has 0 spiro atoms. The molecule has 0 saturated carbocycles. The zero-order chi connectivity index (χ0) is 21.1. The van der Waals surface area contributed by atoms with E-state index in [1.165, 1.54) is 0 Å². The van der Waals surface area contributed by atoms with Crippen molar-refractivity contribution in [3.8, 4) is 0 Å². The molecule has 2 amide bonds. The fourth-order valence-corrected chi connectivity index (χ4v) is 4.22. The lowest BCUT2D eigenvalue weighted by Crippen LogP contribution is -2.47. The van der Waals surface area contributed by atoms with Crippen LogP contribution in [0.15, 0.2) is 36.4 Å². The Balaban J connectivity index is 1.62. The highest BCUT2D eigenvalue weighted by Gasteiger charge is 2.31. The third kappa shape index (κ3) is 4.00. The van der Waals surface area contributed by atoms with Crippen LogP contribution in [0.4, 0.5) is 0 Å². The van der Waals surface area contributed by atoms with Crippen molar-refractivity contribution in [3.05, 3.63) is 58.9 Å². The number of nitrogens with zero attached hydrogens (tertiary/aromatic N) is 2. The van der Waals surface area contributed by atoms with Gasteiger partial charge in [-0.3, -0.25) is 9.59 Å². The number of nitrogens with one attached hydrogen (secondary N) is 1. The standard InChI is InChI=1S/C23H29N3O4/c1-3-19(17-7-5-4-6-8-17)24-22(27)20-13-18(21-15-30-12-10-26(20)21)23(28)25-9-11-29-14-16(25)2/h4-8,13,16,19H,3,9-12,14-15H2,1-2H3,(H,24,27)/t16-,19+/m0/s1. The van der Waals surface area contributed by atoms with Crippen LogP contribution >= 0.6 is 0 Å². The van der Waals surface area contributed by atoms with Crippen LogP contribution in [0.3, 0.4) is 0 Å². The van der Waals surface area contributed by atoms with Gasteiger partial charge in [-0.1, -0.05) is 37.3 Å². The summed E-state index contributed by atoms with van der Waals surface area (Å²) in [6, 6.07) is 11.6. The van der Waals surface area contributed by atoms with E-state index in [1.54, 1.807) is 6.07 Å². The number of carbonyl (C=O) groups excluding carboxylic acids is 2. The van der Waals surface area contributed by atoms with Crippen LogP contribution in [0.25, 0.3) is 0 Å². The molecule has 7 heteroatoms. The summed E-state index contributed by atoms with van der Waals surface area (Å²) < 4.78 is 13.0. The topological polar surface area (TPSA) is 72.8 Å². The van der Waals surface area contributed by atoms with Crippen molar-refractivity contribution < 1.29 is 19.1 Å². The predicted octanol–water partition coefficient (Wildman–Crippen LogP) is 2.76. The summed E-state index contributed by atoms with van der Waals surface area (Å²) in [7, 11) is 0. The van der Waals surface area contributed by atoms with E-state index in [-0.39, 0.29) is 23.9 Å². The van der Waals surface area contributed by atoms with Crippen molar-refractivity contribution in [2.75, 3.05) is 26.4 Å². The molecule has 2 aliphatic rings. The third-order valence-corrected chi connectivity index (χ3v) is 5.91. The highest BCUT2D eigenvalue weighted by atomic mass is 16.5. The largest absolute Gasteiger partial charge is 0.377 e. The lowest BCUT2D eigenvalue weighted by molar-refractivity contribution is 0.00317. The molecule has 3 heterocycles. The average Bonchev–Trinajstić information content (AvgIpc) is 3.18. The van der Waals surface area contributed by atoms with Crippen LogP contribution in [0, 0.1) is 0 Å². The molecule has 1 fully saturated rings. The zero-order valence-electron chi connectivity index (χ0n) is 17.6. The van der Waals surface area contributed by atoms with Crippen molar-refractivity contribution in [1.82, 2.24) is 14.8 Å². The summed E-state index contributed by atoms with van der Waals surface area (Å²) in [4.78, 5) is 28.3. The van der Waals surface area contributed by atoms with Crippen LogP contribution < -0.4 is 5.32 Å². The van der Waals surface area contributed by atoms with Crippen LogP contribution in [0.1, 0.15) is 58.4 Å². The number of fused-ring (bicyclic) bond motifs is 1. The summed E-state index contributed by atoms with van der Waals surface area (Å²) >= 11 is 0. The summed E-state index contributed by atoms with van der Waals surface area (Å²) in [5, 5.41) is 3.14. The summed E-state index contributed by atoms with van der Waals surface area (Å²) in [6.45, 7) is 7.07. The maximum Gasteiger partial charge on any atom is 0.268 e. The molecule has 2 atom stereocenters. The van der Waals surface area contributed by atoms with Gasteiger partial charge in [-0.05, 0) is 25.0 Å². The summed E-state index contributed by atoms with van der Waals surface area (Å²) in [5.74, 6) is -0.225. The van der Waals surface area contributed by atoms with Crippen molar-refractivity contribution in [2.24, 2.45) is 0 Å². The fourth-order valence-electron chi connectivity index (χ4n) is 4.22. The van der Waals surface area contributed by atoms with Gasteiger partial charge in [0.05, 0.1) is 49.8 Å². The van der Waals surface area contributed by atoms with Crippen LogP contribution in [0.5, 0.6) is 0 Å². The highest BCUT2D eigenvalue weighted by Crippen LogP contribution is 2.25. The molecule has 1 aromatic carbocycles. The van der Waals surface area contributed by atoms with Crippen LogP contribution in [-0.2, 0) is 22.6 Å². The second-order valence-electron chi connectivity index (χ2n) is 7.86. The van der Waals surface area contributed by atoms with Gasteiger partial charge in [0.2, 0.25) is 0 Å². The first-order valence-electron chi connectivity index (χ1n) is 10.6. The number of amides is 2. The molecular weight excluding hydrogens is 382 g/mol. The average molecular weight is 412 g/mol. The van der Waals surface area contributed by atoms with Crippen molar-refractivity contribution in [2.45, 2.75) is 45.5 Å². The molecule has 1 N–H and O–H groups in total. The second kappa shape index (κ2) is 9.02. The Labute approximate surface area is 177 Å². The smallest absolute Gasteiger partial charge is 0.268 e. The monoisotopic (exact) mass is 411 g/mol. The minimum atomic E-state index is -0.164. The lowest BCUT2D eigenvalue weighted by atomic mass is 10.0. The van der Waals surface area contributed by atoms with Crippen molar-refractivity contribution >= 4 is 11.8 Å². The van der Waals surface area contributed by atoms with E-state index in [1.807, 2.05) is 53.6 Å². The fraction of sp³-hybridized carbons (Fsp3) is 0.478. The number of hydrogen-bond acceptors (Lipinski definition) is 4. The lowest BCUT2D eigenvalue weighted by Gasteiger charge is -2.33. The van der Waals surface area contributed by atoms with E-state index in [4.69, 9.17) is 9.47 Å². The van der Waals surface area contributed by atoms with Gasteiger partial charge < -0.3 is 24.3 Å². The Morgan fingerprint density at radius 3 is 2.67 bits per heavy atom. The highest BCUT2D eigenvalue weighted by molar-refractivity contribution is 6.01. The quantitative estimate of drug-likeness (QED) is 0.821. The van der Waals surface area contributed by atoms with E-state index >= 15 is 0 Å². The molecule has 30 heavy (non-hydrogen) atoms. The number of rotatable bonds is 5. The van der Waals surface area contributed by atoms with Gasteiger partial charge in [0.15, 0.2) is 0 Å². The van der Waals surface area contributed by atoms with Gasteiger partial charge in [0, 0.05) is 13.1 Å². The van der Waals surface area contributed by atoms with Gasteiger partial charge in [0.1, 0.15) is 5.69 Å². The van der Waals surface area contributed by atoms with Crippen LogP contribution in [0.2, 0.25) is 0 Å². The Kier molecular flexibility index (Phi) is 6.20. The first kappa shape index (κ1) is 20.6. The predicted molar refractivity (Wildman–Crippen MR) is 112 cm³/mol. The maximum absolute atomic E-state index is 13.3. The molecule has 0 radical (unpaired) electrons. The second-order valence-corrected chi connectivity index (χ2v) is 7.86. The van der Waals surface area contributed by atoms with Gasteiger partial charge in [-0.2, -0.15) is 0 Å². The third-order valence-electron chi connectivity index (χ3n) is 5.91. The summed E-state index contributed by atoms with van der Waals surface area (Å²) in [6.07, 6.45) is 0.781. The molecule has 0 bridgehead atoms. The van der Waals surface area contributed by atoms with Gasteiger partial charge >= 0.3 is 0 Å². The van der Waals surface area contributed by atoms with Crippen LogP contribution in [-0.4, -0.2) is 53.7 Å². The summed E-state index contributed by atoms with van der Waals surface area (Å²) in [5.41, 5.74) is 2.93. The molecule has 2 aliphatic heterocycles. The Morgan fingerprint density at radius 1 is 1.17 bits per heavy atom. The molecule has 1 aromatic heterocycles. The normalized spacial score (nSPS) is 19.8. The minimum Gasteiger partial charge on any atom is -0.377 e. The van der Waals surface area contributed by atoms with E-state index in [2.05, 4.69) is 5.32 Å². The molecular formula is C23H29N3O4. The van der Waals surface area contributed by atoms with Gasteiger partial charge in [0.25, 0.3) is 11.8 Å². The molecule has 4 rings (SSSR count). The van der Waals surface area contributed by atoms with Gasteiger partial charge in [-0.15, -0.1) is 0 Å². The Hall–Kier alpha value is -2.64. The maximum atomic E-state index is 13.3. The van der Waals surface area contributed by atoms with E-state index in [9.17, 15) is 9.59 Å². The molecule has 7 nitrogen and oxygen atoms in total. The molecule has 0 aliphatic carbocycles. The first-order chi connectivity index (χ1) is 14.6. The Morgan fingerprint density at radius 2 is 1.93 bits per heavy atom. The number of benzene rings is 1. The van der Waals surface area contributed by atoms with Crippen molar-refractivity contribution in [1.29, 1.82) is 0 Å². The number of morpholine rings is 1. The zero-order valence-corrected chi connectivity index (χ0v) is 17.6.